The smallest absolute Gasteiger partial charge is 0.161 e. The number of nitrogens with zero attached hydrogens (tertiary/aromatic N) is 1. The Morgan fingerprint density at radius 2 is 1.67 bits per heavy atom. The molecule has 0 bridgehead atoms. The second-order valence-electron chi connectivity index (χ2n) is 6.37. The molecule has 0 atom stereocenters. The number of rotatable bonds is 7. The van der Waals surface area contributed by atoms with E-state index >= 15 is 0 Å². The van der Waals surface area contributed by atoms with Crippen LogP contribution in [0.15, 0.2) is 42.5 Å². The molecule has 3 rings (SSSR count). The predicted molar refractivity (Wildman–Crippen MR) is 113 cm³/mol. The fourth-order valence-corrected chi connectivity index (χ4v) is 3.48. The Kier molecular flexibility index (Phi) is 7.18. The first-order chi connectivity index (χ1) is 13.2. The molecular formula is C21H24ClNO3S. The predicted octanol–water partition coefficient (Wildman–Crippen LogP) is 4.97. The van der Waals surface area contributed by atoms with E-state index in [0.717, 1.165) is 29.4 Å². The molecule has 0 amide bonds. The van der Waals surface area contributed by atoms with Crippen LogP contribution in [-0.4, -0.2) is 43.3 Å². The van der Waals surface area contributed by atoms with Gasteiger partial charge in [-0.1, -0.05) is 23.8 Å². The molecule has 0 radical (unpaired) electrons. The maximum Gasteiger partial charge on any atom is 0.161 e. The van der Waals surface area contributed by atoms with Crippen LogP contribution in [0.5, 0.6) is 17.2 Å². The van der Waals surface area contributed by atoms with E-state index in [2.05, 4.69) is 4.90 Å². The van der Waals surface area contributed by atoms with Crippen molar-refractivity contribution in [3.8, 4) is 17.2 Å². The number of ether oxygens (including phenoxy) is 3. The summed E-state index contributed by atoms with van der Waals surface area (Å²) in [5.74, 6) is 2.12. The maximum absolute atomic E-state index is 5.86. The van der Waals surface area contributed by atoms with Crippen LogP contribution >= 0.6 is 23.8 Å². The zero-order valence-corrected chi connectivity index (χ0v) is 17.0. The third-order valence-corrected chi connectivity index (χ3v) is 5.22. The van der Waals surface area contributed by atoms with Crippen LogP contribution in [-0.2, 0) is 0 Å². The molecule has 6 heteroatoms. The van der Waals surface area contributed by atoms with Crippen LogP contribution in [0.3, 0.4) is 0 Å². The van der Waals surface area contributed by atoms with Crippen molar-refractivity contribution in [1.29, 1.82) is 0 Å². The first kappa shape index (κ1) is 19.8. The van der Waals surface area contributed by atoms with Crippen LogP contribution in [0.4, 0.5) is 0 Å². The molecule has 1 heterocycles. The van der Waals surface area contributed by atoms with Crippen LogP contribution in [0, 0.1) is 0 Å². The average molecular weight is 406 g/mol. The molecule has 144 valence electrons. The van der Waals surface area contributed by atoms with Gasteiger partial charge in [-0.05, 0) is 61.7 Å². The lowest BCUT2D eigenvalue weighted by Crippen LogP contribution is -2.34. The summed E-state index contributed by atoms with van der Waals surface area (Å²) in [6.07, 6.45) is 3.69. The van der Waals surface area contributed by atoms with Gasteiger partial charge < -0.3 is 19.1 Å². The number of halogens is 1. The summed E-state index contributed by atoms with van der Waals surface area (Å²) in [4.78, 5) is 3.15. The summed E-state index contributed by atoms with van der Waals surface area (Å²) in [7, 11) is 1.64. The standard InChI is InChI=1S/C21H24ClNO3S/c1-24-20-15-16(21(27)23-11-3-2-4-12-23)5-10-19(20)26-14-13-25-18-8-6-17(22)7-9-18/h5-10,15H,2-4,11-14H2,1H3. The Morgan fingerprint density at radius 1 is 0.963 bits per heavy atom. The van der Waals surface area contributed by atoms with E-state index in [1.807, 2.05) is 30.3 Å². The molecule has 1 fully saturated rings. The molecule has 2 aromatic rings. The van der Waals surface area contributed by atoms with E-state index in [9.17, 15) is 0 Å². The number of likely N-dealkylation sites (tertiary alicyclic amines) is 1. The van der Waals surface area contributed by atoms with Crippen molar-refractivity contribution >= 4 is 28.8 Å². The minimum atomic E-state index is 0.412. The molecule has 1 aliphatic rings. The normalized spacial score (nSPS) is 13.9. The van der Waals surface area contributed by atoms with Gasteiger partial charge in [-0.3, -0.25) is 0 Å². The highest BCUT2D eigenvalue weighted by atomic mass is 35.5. The fourth-order valence-electron chi connectivity index (χ4n) is 3.04. The number of hydrogen-bond donors (Lipinski definition) is 0. The van der Waals surface area contributed by atoms with Crippen LogP contribution in [0.1, 0.15) is 24.8 Å². The molecule has 0 saturated carbocycles. The topological polar surface area (TPSA) is 30.9 Å². The summed E-state index contributed by atoms with van der Waals surface area (Å²) < 4.78 is 17.0. The Hall–Kier alpha value is -1.98. The van der Waals surface area contributed by atoms with E-state index in [1.54, 1.807) is 19.2 Å². The average Bonchev–Trinajstić information content (AvgIpc) is 2.72. The Bertz CT molecular complexity index is 761. The lowest BCUT2D eigenvalue weighted by Gasteiger charge is -2.29. The third-order valence-electron chi connectivity index (χ3n) is 4.48. The molecule has 0 aromatic heterocycles. The van der Waals surface area contributed by atoms with Gasteiger partial charge in [0.15, 0.2) is 11.5 Å². The van der Waals surface area contributed by atoms with E-state index in [1.165, 1.54) is 19.3 Å². The van der Waals surface area contributed by atoms with Gasteiger partial charge in [0.05, 0.1) is 7.11 Å². The van der Waals surface area contributed by atoms with Gasteiger partial charge in [-0.25, -0.2) is 0 Å². The molecule has 27 heavy (non-hydrogen) atoms. The fraction of sp³-hybridized carbons (Fsp3) is 0.381. The Morgan fingerprint density at radius 3 is 2.37 bits per heavy atom. The molecule has 1 saturated heterocycles. The second-order valence-corrected chi connectivity index (χ2v) is 7.19. The number of piperidine rings is 1. The Labute approximate surface area is 171 Å². The zero-order valence-electron chi connectivity index (χ0n) is 15.4. The molecule has 2 aromatic carbocycles. The lowest BCUT2D eigenvalue weighted by atomic mass is 10.1. The maximum atomic E-state index is 5.86. The summed E-state index contributed by atoms with van der Waals surface area (Å²) >= 11 is 11.5. The first-order valence-electron chi connectivity index (χ1n) is 9.16. The second kappa shape index (κ2) is 9.81. The molecule has 4 nitrogen and oxygen atoms in total. The number of thiocarbonyl (C=S) groups is 1. The van der Waals surface area contributed by atoms with Gasteiger partial charge in [0, 0.05) is 23.7 Å². The molecular weight excluding hydrogens is 382 g/mol. The van der Waals surface area contributed by atoms with E-state index in [0.29, 0.717) is 29.7 Å². The number of methoxy groups -OCH3 is 1. The van der Waals surface area contributed by atoms with Gasteiger partial charge in [0.25, 0.3) is 0 Å². The minimum absolute atomic E-state index is 0.412. The van der Waals surface area contributed by atoms with Gasteiger partial charge in [0.1, 0.15) is 24.0 Å². The van der Waals surface area contributed by atoms with Crippen molar-refractivity contribution in [2.75, 3.05) is 33.4 Å². The largest absolute Gasteiger partial charge is 0.493 e. The number of benzene rings is 2. The third kappa shape index (κ3) is 5.50. The quantitative estimate of drug-likeness (QED) is 0.479. The van der Waals surface area contributed by atoms with Crippen molar-refractivity contribution in [2.45, 2.75) is 19.3 Å². The van der Waals surface area contributed by atoms with E-state index in [4.69, 9.17) is 38.0 Å². The summed E-state index contributed by atoms with van der Waals surface area (Å²) in [5.41, 5.74) is 0.994. The summed E-state index contributed by atoms with van der Waals surface area (Å²) in [6, 6.07) is 13.1. The van der Waals surface area contributed by atoms with Crippen LogP contribution in [0.25, 0.3) is 0 Å². The minimum Gasteiger partial charge on any atom is -0.493 e. The van der Waals surface area contributed by atoms with Crippen molar-refractivity contribution in [3.05, 3.63) is 53.1 Å². The molecule has 0 unspecified atom stereocenters. The van der Waals surface area contributed by atoms with Gasteiger partial charge >= 0.3 is 0 Å². The summed E-state index contributed by atoms with van der Waals surface area (Å²) in [5, 5.41) is 0.686. The van der Waals surface area contributed by atoms with Crippen molar-refractivity contribution < 1.29 is 14.2 Å². The molecule has 0 aliphatic carbocycles. The van der Waals surface area contributed by atoms with Crippen molar-refractivity contribution in [2.24, 2.45) is 0 Å². The first-order valence-corrected chi connectivity index (χ1v) is 9.94. The molecule has 0 N–H and O–H groups in total. The monoisotopic (exact) mass is 405 g/mol. The molecule has 0 spiro atoms. The number of hydrogen-bond acceptors (Lipinski definition) is 4. The zero-order chi connectivity index (χ0) is 19.1. The highest BCUT2D eigenvalue weighted by Crippen LogP contribution is 2.29. The Balaban J connectivity index is 1.55. The summed E-state index contributed by atoms with van der Waals surface area (Å²) in [6.45, 7) is 2.90. The van der Waals surface area contributed by atoms with E-state index < -0.39 is 0 Å². The van der Waals surface area contributed by atoms with Gasteiger partial charge in [-0.2, -0.15) is 0 Å². The SMILES string of the molecule is COc1cc(C(=S)N2CCCCC2)ccc1OCCOc1ccc(Cl)cc1. The van der Waals surface area contributed by atoms with Crippen molar-refractivity contribution in [3.63, 3.8) is 0 Å². The van der Waals surface area contributed by atoms with E-state index in [-0.39, 0.29) is 0 Å². The van der Waals surface area contributed by atoms with Crippen LogP contribution in [0.2, 0.25) is 5.02 Å². The lowest BCUT2D eigenvalue weighted by molar-refractivity contribution is 0.211. The highest BCUT2D eigenvalue weighted by molar-refractivity contribution is 7.80. The van der Waals surface area contributed by atoms with Crippen molar-refractivity contribution in [1.82, 2.24) is 4.90 Å². The van der Waals surface area contributed by atoms with Gasteiger partial charge in [0.2, 0.25) is 0 Å². The van der Waals surface area contributed by atoms with Gasteiger partial charge in [-0.15, -0.1) is 0 Å². The van der Waals surface area contributed by atoms with Crippen LogP contribution < -0.4 is 14.2 Å². The highest BCUT2D eigenvalue weighted by Gasteiger charge is 2.16. The molecule has 1 aliphatic heterocycles.